The predicted molar refractivity (Wildman–Crippen MR) is 118 cm³/mol. The number of fused-ring (bicyclic) bond motifs is 1. The maximum Gasteiger partial charge on any atom is 0.243 e. The van der Waals surface area contributed by atoms with E-state index in [2.05, 4.69) is 23.4 Å². The second-order valence-electron chi connectivity index (χ2n) is 8.20. The maximum absolute atomic E-state index is 13.3. The van der Waals surface area contributed by atoms with E-state index in [1.807, 2.05) is 12.3 Å². The van der Waals surface area contributed by atoms with Crippen LogP contribution in [0, 0.1) is 5.92 Å². The number of imidazole rings is 1. The van der Waals surface area contributed by atoms with Crippen LogP contribution >= 0.6 is 0 Å². The number of ether oxygens (including phenoxy) is 2. The average Bonchev–Trinajstić information content (AvgIpc) is 3.39. The molecule has 8 nitrogen and oxygen atoms in total. The summed E-state index contributed by atoms with van der Waals surface area (Å²) in [4.78, 5) is 9.31. The summed E-state index contributed by atoms with van der Waals surface area (Å²) in [7, 11) is -0.637. The summed E-state index contributed by atoms with van der Waals surface area (Å²) < 4.78 is 40.9. The van der Waals surface area contributed by atoms with E-state index < -0.39 is 10.0 Å². The molecule has 31 heavy (non-hydrogen) atoms. The lowest BCUT2D eigenvalue weighted by molar-refractivity contribution is 0.353. The smallest absolute Gasteiger partial charge is 0.243 e. The lowest BCUT2D eigenvalue weighted by Gasteiger charge is -2.19. The number of sulfonamides is 1. The Hall–Kier alpha value is -2.65. The van der Waals surface area contributed by atoms with E-state index in [1.165, 1.54) is 24.6 Å². The minimum absolute atomic E-state index is 0.0288. The van der Waals surface area contributed by atoms with E-state index in [-0.39, 0.29) is 10.8 Å². The van der Waals surface area contributed by atoms with Gasteiger partial charge >= 0.3 is 0 Å². The molecule has 3 heterocycles. The first-order chi connectivity index (χ1) is 14.8. The standard InChI is InChI=1S/C22H28N4O4S/c1-15(2)13-26-19-12-23-9-7-18(19)24-22(26)16-8-10-25(14-16)31(27,28)17-5-6-20(29-3)21(11-17)30-4/h5-7,9,11-12,15-16H,8,10,13-14H2,1-4H3. The molecule has 0 N–H and O–H groups in total. The Morgan fingerprint density at radius 1 is 1.16 bits per heavy atom. The zero-order valence-electron chi connectivity index (χ0n) is 18.3. The molecule has 3 aromatic rings. The van der Waals surface area contributed by atoms with Crippen molar-refractivity contribution in [3.63, 3.8) is 0 Å². The van der Waals surface area contributed by atoms with Gasteiger partial charge in [0.25, 0.3) is 0 Å². The van der Waals surface area contributed by atoms with Crippen molar-refractivity contribution in [3.05, 3.63) is 42.5 Å². The summed E-state index contributed by atoms with van der Waals surface area (Å²) in [6.45, 7) is 5.98. The monoisotopic (exact) mass is 444 g/mol. The minimum atomic E-state index is -3.65. The van der Waals surface area contributed by atoms with E-state index >= 15 is 0 Å². The molecule has 0 spiro atoms. The van der Waals surface area contributed by atoms with Gasteiger partial charge in [0.15, 0.2) is 11.5 Å². The zero-order chi connectivity index (χ0) is 22.2. The third-order valence-corrected chi connectivity index (χ3v) is 7.50. The van der Waals surface area contributed by atoms with Crippen LogP contribution < -0.4 is 9.47 Å². The van der Waals surface area contributed by atoms with Crippen LogP contribution in [0.4, 0.5) is 0 Å². The Balaban J connectivity index is 1.64. The number of aromatic nitrogens is 3. The summed E-state index contributed by atoms with van der Waals surface area (Å²) in [5.74, 6) is 2.29. The van der Waals surface area contributed by atoms with Crippen LogP contribution in [0.5, 0.6) is 11.5 Å². The van der Waals surface area contributed by atoms with Gasteiger partial charge in [-0.05, 0) is 30.5 Å². The molecule has 9 heteroatoms. The van der Waals surface area contributed by atoms with Crippen LogP contribution in [0.2, 0.25) is 0 Å². The molecule has 1 unspecified atom stereocenters. The lowest BCUT2D eigenvalue weighted by atomic mass is 10.1. The van der Waals surface area contributed by atoms with Crippen molar-refractivity contribution in [3.8, 4) is 11.5 Å². The van der Waals surface area contributed by atoms with Gasteiger partial charge in [0, 0.05) is 37.8 Å². The average molecular weight is 445 g/mol. The highest BCUT2D eigenvalue weighted by Gasteiger charge is 2.36. The first-order valence-electron chi connectivity index (χ1n) is 10.4. The maximum atomic E-state index is 13.3. The van der Waals surface area contributed by atoms with E-state index in [1.54, 1.807) is 18.3 Å². The van der Waals surface area contributed by atoms with Crippen molar-refractivity contribution in [2.75, 3.05) is 27.3 Å². The van der Waals surface area contributed by atoms with Gasteiger partial charge in [0.05, 0.1) is 36.3 Å². The molecule has 1 atom stereocenters. The van der Waals surface area contributed by atoms with Gasteiger partial charge in [0.2, 0.25) is 10.0 Å². The highest BCUT2D eigenvalue weighted by atomic mass is 32.2. The van der Waals surface area contributed by atoms with Crippen LogP contribution in [0.3, 0.4) is 0 Å². The lowest BCUT2D eigenvalue weighted by Crippen LogP contribution is -2.29. The Morgan fingerprint density at radius 2 is 1.94 bits per heavy atom. The number of pyridine rings is 1. The molecule has 166 valence electrons. The van der Waals surface area contributed by atoms with Crippen molar-refractivity contribution in [1.82, 2.24) is 18.8 Å². The summed E-state index contributed by atoms with van der Waals surface area (Å²) >= 11 is 0. The first-order valence-corrected chi connectivity index (χ1v) is 11.8. The van der Waals surface area contributed by atoms with Crippen molar-refractivity contribution < 1.29 is 17.9 Å². The Labute approximate surface area is 182 Å². The predicted octanol–water partition coefficient (Wildman–Crippen LogP) is 3.28. The van der Waals surface area contributed by atoms with E-state index in [0.29, 0.717) is 30.5 Å². The summed E-state index contributed by atoms with van der Waals surface area (Å²) in [6.07, 6.45) is 4.30. The third kappa shape index (κ3) is 3.99. The summed E-state index contributed by atoms with van der Waals surface area (Å²) in [5.41, 5.74) is 1.89. The number of methoxy groups -OCH3 is 2. The SMILES string of the molecule is COc1ccc(S(=O)(=O)N2CCC(c3nc4ccncc4n3CC(C)C)C2)cc1OC. The number of nitrogens with zero attached hydrogens (tertiary/aromatic N) is 4. The van der Waals surface area contributed by atoms with Gasteiger partial charge in [0.1, 0.15) is 5.82 Å². The topological polar surface area (TPSA) is 86.6 Å². The van der Waals surface area contributed by atoms with E-state index in [0.717, 1.165) is 29.8 Å². The number of benzene rings is 1. The van der Waals surface area contributed by atoms with Crippen molar-refractivity contribution in [1.29, 1.82) is 0 Å². The number of rotatable bonds is 7. The molecule has 4 rings (SSSR count). The van der Waals surface area contributed by atoms with Crippen molar-refractivity contribution >= 4 is 21.1 Å². The zero-order valence-corrected chi connectivity index (χ0v) is 19.1. The second-order valence-corrected chi connectivity index (χ2v) is 10.1. The fourth-order valence-corrected chi connectivity index (χ4v) is 5.66. The third-order valence-electron chi connectivity index (χ3n) is 5.64. The largest absolute Gasteiger partial charge is 0.493 e. The van der Waals surface area contributed by atoms with Crippen molar-refractivity contribution in [2.45, 2.75) is 37.6 Å². The fraction of sp³-hybridized carbons (Fsp3) is 0.455. The molecule has 2 aromatic heterocycles. The van der Waals surface area contributed by atoms with Gasteiger partial charge in [-0.2, -0.15) is 4.31 Å². The van der Waals surface area contributed by atoms with Crippen molar-refractivity contribution in [2.24, 2.45) is 5.92 Å². The Kier molecular flexibility index (Phi) is 5.90. The van der Waals surface area contributed by atoms with Crippen LogP contribution in [0.15, 0.2) is 41.6 Å². The van der Waals surface area contributed by atoms with Gasteiger partial charge in [-0.15, -0.1) is 0 Å². The normalized spacial score (nSPS) is 17.5. The van der Waals surface area contributed by atoms with Gasteiger partial charge in [-0.1, -0.05) is 13.8 Å². The molecule has 1 aliphatic rings. The molecule has 1 aromatic carbocycles. The number of hydrogen-bond acceptors (Lipinski definition) is 6. The van der Waals surface area contributed by atoms with E-state index in [4.69, 9.17) is 14.5 Å². The van der Waals surface area contributed by atoms with Crippen LogP contribution in [-0.4, -0.2) is 54.6 Å². The van der Waals surface area contributed by atoms with Crippen LogP contribution in [-0.2, 0) is 16.6 Å². The first kappa shape index (κ1) is 21.6. The quantitative estimate of drug-likeness (QED) is 0.556. The molecule has 0 radical (unpaired) electrons. The Bertz CT molecular complexity index is 1190. The van der Waals surface area contributed by atoms with Gasteiger partial charge in [-0.25, -0.2) is 13.4 Å². The Morgan fingerprint density at radius 3 is 2.65 bits per heavy atom. The highest BCUT2D eigenvalue weighted by molar-refractivity contribution is 7.89. The van der Waals surface area contributed by atoms with Gasteiger partial charge < -0.3 is 14.0 Å². The molecule has 0 saturated carbocycles. The molecule has 0 aliphatic carbocycles. The molecule has 1 fully saturated rings. The second kappa shape index (κ2) is 8.47. The van der Waals surface area contributed by atoms with Crippen LogP contribution in [0.25, 0.3) is 11.0 Å². The minimum Gasteiger partial charge on any atom is -0.493 e. The van der Waals surface area contributed by atoms with E-state index in [9.17, 15) is 8.42 Å². The summed E-state index contributed by atoms with van der Waals surface area (Å²) in [6, 6.07) is 6.60. The molecule has 1 saturated heterocycles. The molecular weight excluding hydrogens is 416 g/mol. The molecule has 1 aliphatic heterocycles. The van der Waals surface area contributed by atoms with Gasteiger partial charge in [-0.3, -0.25) is 4.98 Å². The highest BCUT2D eigenvalue weighted by Crippen LogP contribution is 2.35. The summed E-state index contributed by atoms with van der Waals surface area (Å²) in [5, 5.41) is 0. The fourth-order valence-electron chi connectivity index (χ4n) is 4.14. The molecular formula is C22H28N4O4S. The molecule has 0 amide bonds. The van der Waals surface area contributed by atoms with Crippen LogP contribution in [0.1, 0.15) is 32.0 Å². The molecule has 0 bridgehead atoms. The number of hydrogen-bond donors (Lipinski definition) is 0.